The summed E-state index contributed by atoms with van der Waals surface area (Å²) in [6.07, 6.45) is 0. The van der Waals surface area contributed by atoms with Gasteiger partial charge in [-0.15, -0.1) is 0 Å². The minimum absolute atomic E-state index is 0.185. The lowest BCUT2D eigenvalue weighted by Gasteiger charge is -2.24. The zero-order valence-electron chi connectivity index (χ0n) is 14.5. The molecule has 136 valence electrons. The highest BCUT2D eigenvalue weighted by Crippen LogP contribution is 2.23. The lowest BCUT2D eigenvalue weighted by Crippen LogP contribution is -2.46. The predicted octanol–water partition coefficient (Wildman–Crippen LogP) is 4.35. The fourth-order valence-corrected chi connectivity index (χ4v) is 2.29. The van der Waals surface area contributed by atoms with E-state index in [1.54, 1.807) is 50.2 Å². The largest absolute Gasteiger partial charge is 0.479 e. The third-order valence-corrected chi connectivity index (χ3v) is 3.90. The first kappa shape index (κ1) is 20.0. The van der Waals surface area contributed by atoms with Crippen molar-refractivity contribution >= 4 is 29.1 Å². The van der Waals surface area contributed by atoms with Crippen LogP contribution in [-0.2, 0) is 4.79 Å². The monoisotopic (exact) mass is 391 g/mol. The van der Waals surface area contributed by atoms with Crippen LogP contribution < -0.4 is 14.8 Å². The number of nitrogens with one attached hydrogen (secondary N) is 1. The van der Waals surface area contributed by atoms with Crippen LogP contribution in [0.25, 0.3) is 0 Å². The molecule has 0 saturated carbocycles. The van der Waals surface area contributed by atoms with Gasteiger partial charge in [0.15, 0.2) is 5.60 Å². The summed E-state index contributed by atoms with van der Waals surface area (Å²) >= 11 is 11.8. The summed E-state index contributed by atoms with van der Waals surface area (Å²) in [5.41, 5.74) is -1.04. The molecule has 2 aromatic rings. The first-order chi connectivity index (χ1) is 12.4. The van der Waals surface area contributed by atoms with Gasteiger partial charge in [-0.25, -0.2) is 0 Å². The van der Waals surface area contributed by atoms with E-state index in [0.717, 1.165) is 0 Å². The Morgan fingerprint density at radius 3 is 2.46 bits per heavy atom. The van der Waals surface area contributed by atoms with E-state index in [4.69, 9.17) is 32.7 Å². The molecule has 0 aromatic heterocycles. The quantitative estimate of drug-likeness (QED) is 0.744. The van der Waals surface area contributed by atoms with Gasteiger partial charge >= 0.3 is 0 Å². The van der Waals surface area contributed by atoms with Crippen molar-refractivity contribution in [1.29, 1.82) is 0 Å². The average Bonchev–Trinajstić information content (AvgIpc) is 2.61. The number of carbonyl (C=O) groups is 1. The molecule has 0 radical (unpaired) electrons. The van der Waals surface area contributed by atoms with Crippen LogP contribution in [0.5, 0.6) is 11.5 Å². The molecule has 0 aliphatic rings. The first-order valence-electron chi connectivity index (χ1n) is 7.94. The fraction of sp³-hybridized carbons (Fsp3) is 0.250. The Balaban J connectivity index is 1.77. The molecule has 0 heterocycles. The van der Waals surface area contributed by atoms with Crippen molar-refractivity contribution in [2.24, 2.45) is 0 Å². The van der Waals surface area contributed by atoms with Gasteiger partial charge in [-0.3, -0.25) is 4.79 Å². The Morgan fingerprint density at radius 1 is 1.08 bits per heavy atom. The van der Waals surface area contributed by atoms with Crippen LogP contribution in [0.4, 0.5) is 0 Å². The Hall–Kier alpha value is -2.35. The van der Waals surface area contributed by atoms with Gasteiger partial charge < -0.3 is 14.8 Å². The predicted molar refractivity (Wildman–Crippen MR) is 104 cm³/mol. The zero-order valence-corrected chi connectivity index (χ0v) is 16.0. The lowest BCUT2D eigenvalue weighted by molar-refractivity contribution is -0.133. The van der Waals surface area contributed by atoms with Crippen molar-refractivity contribution in [3.8, 4) is 23.3 Å². The highest BCUT2D eigenvalue weighted by molar-refractivity contribution is 6.32. The van der Waals surface area contributed by atoms with Crippen LogP contribution in [-0.4, -0.2) is 24.7 Å². The normalized spacial score (nSPS) is 10.5. The maximum absolute atomic E-state index is 12.3. The van der Waals surface area contributed by atoms with Crippen LogP contribution in [0.2, 0.25) is 10.0 Å². The SMILES string of the molecule is CC(C)(Oc1ccc(Cl)cc1)C(=O)NCC#CCOc1ccccc1Cl. The summed E-state index contributed by atoms with van der Waals surface area (Å²) in [4.78, 5) is 12.3. The number of carbonyl (C=O) groups excluding carboxylic acids is 1. The summed E-state index contributed by atoms with van der Waals surface area (Å²) in [6.45, 7) is 3.75. The molecule has 2 aromatic carbocycles. The molecule has 2 rings (SSSR count). The topological polar surface area (TPSA) is 47.6 Å². The molecular formula is C20H19Cl2NO3. The number of hydrogen-bond acceptors (Lipinski definition) is 3. The van der Waals surface area contributed by atoms with Gasteiger partial charge in [0, 0.05) is 5.02 Å². The Kier molecular flexibility index (Phi) is 7.20. The van der Waals surface area contributed by atoms with E-state index < -0.39 is 5.60 Å². The maximum atomic E-state index is 12.3. The summed E-state index contributed by atoms with van der Waals surface area (Å²) in [5.74, 6) is 6.52. The molecule has 0 bridgehead atoms. The zero-order chi connectivity index (χ0) is 19.0. The Bertz CT molecular complexity index is 808. The van der Waals surface area contributed by atoms with Crippen molar-refractivity contribution in [2.75, 3.05) is 13.2 Å². The standard InChI is InChI=1S/C20H19Cl2NO3/c1-20(2,26-16-11-9-15(21)10-12-16)19(24)23-13-5-6-14-25-18-8-4-3-7-17(18)22/h3-4,7-12H,13-14H2,1-2H3,(H,23,24). The molecule has 0 atom stereocenters. The smallest absolute Gasteiger partial charge is 0.264 e. The van der Waals surface area contributed by atoms with Crippen LogP contribution in [0.3, 0.4) is 0 Å². The summed E-state index contributed by atoms with van der Waals surface area (Å²) in [6, 6.07) is 14.0. The van der Waals surface area contributed by atoms with E-state index >= 15 is 0 Å². The van der Waals surface area contributed by atoms with Gasteiger partial charge in [0.1, 0.15) is 18.1 Å². The highest BCUT2D eigenvalue weighted by atomic mass is 35.5. The van der Waals surface area contributed by atoms with Gasteiger partial charge in [-0.2, -0.15) is 0 Å². The molecule has 0 aliphatic carbocycles. The first-order valence-corrected chi connectivity index (χ1v) is 8.70. The van der Waals surface area contributed by atoms with Crippen LogP contribution in [0, 0.1) is 11.8 Å². The maximum Gasteiger partial charge on any atom is 0.264 e. The van der Waals surface area contributed by atoms with Crippen LogP contribution in [0.1, 0.15) is 13.8 Å². The van der Waals surface area contributed by atoms with E-state index in [1.165, 1.54) is 0 Å². The molecule has 0 fully saturated rings. The second kappa shape index (κ2) is 9.38. The van der Waals surface area contributed by atoms with Gasteiger partial charge in [0.2, 0.25) is 0 Å². The minimum atomic E-state index is -1.04. The van der Waals surface area contributed by atoms with Crippen LogP contribution in [0.15, 0.2) is 48.5 Å². The summed E-state index contributed by atoms with van der Waals surface area (Å²) in [7, 11) is 0. The molecule has 0 spiro atoms. The Morgan fingerprint density at radius 2 is 1.77 bits per heavy atom. The van der Waals surface area contributed by atoms with Crippen molar-refractivity contribution in [2.45, 2.75) is 19.4 Å². The molecule has 1 amide bonds. The fourth-order valence-electron chi connectivity index (χ4n) is 1.97. The van der Waals surface area contributed by atoms with Crippen molar-refractivity contribution < 1.29 is 14.3 Å². The lowest BCUT2D eigenvalue weighted by atomic mass is 10.1. The second-order valence-corrected chi connectivity index (χ2v) is 6.67. The van der Waals surface area contributed by atoms with Crippen molar-refractivity contribution in [1.82, 2.24) is 5.32 Å². The Labute approximate surface area is 163 Å². The number of hydrogen-bond donors (Lipinski definition) is 1. The summed E-state index contributed by atoms with van der Waals surface area (Å²) in [5, 5.41) is 3.86. The van der Waals surface area contributed by atoms with E-state index in [0.29, 0.717) is 21.5 Å². The molecule has 0 unspecified atom stereocenters. The van der Waals surface area contributed by atoms with Gasteiger partial charge in [0.05, 0.1) is 11.6 Å². The highest BCUT2D eigenvalue weighted by Gasteiger charge is 2.29. The number of amides is 1. The number of ether oxygens (including phenoxy) is 2. The molecular weight excluding hydrogens is 373 g/mol. The second-order valence-electron chi connectivity index (χ2n) is 5.82. The number of halogens is 2. The van der Waals surface area contributed by atoms with E-state index in [1.807, 2.05) is 12.1 Å². The van der Waals surface area contributed by atoms with E-state index in [9.17, 15) is 4.79 Å². The van der Waals surface area contributed by atoms with Gasteiger partial charge in [-0.1, -0.05) is 47.2 Å². The van der Waals surface area contributed by atoms with Crippen LogP contribution >= 0.6 is 23.2 Å². The number of rotatable bonds is 6. The number of para-hydroxylation sites is 1. The van der Waals surface area contributed by atoms with Crippen molar-refractivity contribution in [3.63, 3.8) is 0 Å². The molecule has 26 heavy (non-hydrogen) atoms. The third kappa shape index (κ3) is 6.18. The average molecular weight is 392 g/mol. The van der Waals surface area contributed by atoms with Crippen molar-refractivity contribution in [3.05, 3.63) is 58.6 Å². The third-order valence-electron chi connectivity index (χ3n) is 3.33. The summed E-state index contributed by atoms with van der Waals surface area (Å²) < 4.78 is 11.2. The molecule has 4 nitrogen and oxygen atoms in total. The van der Waals surface area contributed by atoms with E-state index in [2.05, 4.69) is 17.2 Å². The van der Waals surface area contributed by atoms with Gasteiger partial charge in [0.25, 0.3) is 5.91 Å². The molecule has 0 saturated heterocycles. The van der Waals surface area contributed by atoms with E-state index in [-0.39, 0.29) is 19.1 Å². The number of benzene rings is 2. The minimum Gasteiger partial charge on any atom is -0.479 e. The van der Waals surface area contributed by atoms with Gasteiger partial charge in [-0.05, 0) is 50.2 Å². The molecule has 1 N–H and O–H groups in total. The molecule has 6 heteroatoms. The molecule has 0 aliphatic heterocycles.